The summed E-state index contributed by atoms with van der Waals surface area (Å²) >= 11 is 0. The Morgan fingerprint density at radius 1 is 0.906 bits per heavy atom. The van der Waals surface area contributed by atoms with E-state index in [1.54, 1.807) is 0 Å². The number of hydrogen-bond acceptors (Lipinski definition) is 5. The highest BCUT2D eigenvalue weighted by Gasteiger charge is 2.44. The third-order valence-corrected chi connectivity index (χ3v) is 7.93. The van der Waals surface area contributed by atoms with Crippen molar-refractivity contribution in [2.24, 2.45) is 5.92 Å². The number of allylic oxidation sites excluding steroid dienone is 1. The van der Waals surface area contributed by atoms with Crippen LogP contribution in [0, 0.1) is 5.92 Å². The van der Waals surface area contributed by atoms with Crippen molar-refractivity contribution in [1.29, 1.82) is 0 Å². The van der Waals surface area contributed by atoms with Crippen LogP contribution in [0.2, 0.25) is 0 Å². The maximum atomic E-state index is 6.11. The zero-order chi connectivity index (χ0) is 21.2. The van der Waals surface area contributed by atoms with Crippen LogP contribution >= 0.6 is 0 Å². The number of nitrogens with zero attached hydrogens (tertiary/aromatic N) is 1. The summed E-state index contributed by atoms with van der Waals surface area (Å²) in [5, 5.41) is 0. The van der Waals surface area contributed by atoms with Gasteiger partial charge >= 0.3 is 0 Å². The molecule has 1 aliphatic carbocycles. The number of hydrogen-bond donors (Lipinski definition) is 0. The van der Waals surface area contributed by atoms with Gasteiger partial charge in [0.2, 0.25) is 13.6 Å². The Morgan fingerprint density at radius 3 is 2.53 bits per heavy atom. The maximum Gasteiger partial charge on any atom is 0.231 e. The highest BCUT2D eigenvalue weighted by molar-refractivity contribution is 5.96. The van der Waals surface area contributed by atoms with Crippen molar-refractivity contribution in [2.75, 3.05) is 20.1 Å². The second kappa shape index (κ2) is 7.09. The average molecular weight is 432 g/mol. The molecule has 32 heavy (non-hydrogen) atoms. The van der Waals surface area contributed by atoms with E-state index in [0.29, 0.717) is 25.5 Å². The van der Waals surface area contributed by atoms with Gasteiger partial charge < -0.3 is 23.8 Å². The van der Waals surface area contributed by atoms with Crippen LogP contribution in [0.15, 0.2) is 24.3 Å². The second-order valence-electron chi connectivity index (χ2n) is 9.63. The summed E-state index contributed by atoms with van der Waals surface area (Å²) < 4.78 is 23.4. The molecule has 2 aromatic carbocycles. The van der Waals surface area contributed by atoms with E-state index in [1.165, 1.54) is 59.2 Å². The van der Waals surface area contributed by atoms with E-state index in [9.17, 15) is 0 Å². The average Bonchev–Trinajstić information content (AvgIpc) is 3.58. The Balaban J connectivity index is 1.50. The van der Waals surface area contributed by atoms with Gasteiger partial charge in [-0.05, 0) is 66.5 Å². The Morgan fingerprint density at radius 2 is 1.69 bits per heavy atom. The van der Waals surface area contributed by atoms with Gasteiger partial charge in [0.25, 0.3) is 0 Å². The topological polar surface area (TPSA) is 40.2 Å². The summed E-state index contributed by atoms with van der Waals surface area (Å²) in [6.45, 7) is 3.95. The van der Waals surface area contributed by atoms with Crippen LogP contribution in [-0.2, 0) is 6.42 Å². The highest BCUT2D eigenvalue weighted by atomic mass is 16.7. The Kier molecular flexibility index (Phi) is 4.15. The van der Waals surface area contributed by atoms with Crippen LogP contribution in [0.1, 0.15) is 73.7 Å². The minimum Gasteiger partial charge on any atom is -0.454 e. The summed E-state index contributed by atoms with van der Waals surface area (Å²) in [7, 11) is 0. The fourth-order valence-corrected chi connectivity index (χ4v) is 6.63. The molecule has 1 atom stereocenters. The minimum atomic E-state index is 0.319. The van der Waals surface area contributed by atoms with Crippen LogP contribution in [0.5, 0.6) is 23.0 Å². The standard InChI is InChI=1S/C27H29NO4/c1-2-5-19-18-8-9-21-27(32-15-29-21)24(18)25(16-6-3-4-7-16)28-11-10-17-12-22-23(31-14-30-22)13-20(17)26(19)28/h8-9,12-13,16,25H,2-7,10-11,14-15H2,1H3/t25-/m0/s1. The second-order valence-corrected chi connectivity index (χ2v) is 9.63. The summed E-state index contributed by atoms with van der Waals surface area (Å²) in [5.41, 5.74) is 8.30. The molecule has 1 saturated carbocycles. The molecular weight excluding hydrogens is 402 g/mol. The quantitative estimate of drug-likeness (QED) is 0.604. The molecule has 0 spiro atoms. The molecule has 0 N–H and O–H groups in total. The summed E-state index contributed by atoms with van der Waals surface area (Å²) in [6.07, 6.45) is 8.41. The predicted octanol–water partition coefficient (Wildman–Crippen LogP) is 5.92. The summed E-state index contributed by atoms with van der Waals surface area (Å²) in [4.78, 5) is 2.72. The first-order chi connectivity index (χ1) is 15.8. The van der Waals surface area contributed by atoms with E-state index in [1.807, 2.05) is 0 Å². The molecule has 5 nitrogen and oxygen atoms in total. The monoisotopic (exact) mass is 431 g/mol. The Hall–Kier alpha value is -2.82. The van der Waals surface area contributed by atoms with Gasteiger partial charge in [0, 0.05) is 23.4 Å². The van der Waals surface area contributed by atoms with Gasteiger partial charge in [-0.25, -0.2) is 0 Å². The lowest BCUT2D eigenvalue weighted by Gasteiger charge is -2.47. The van der Waals surface area contributed by atoms with E-state index in [0.717, 1.165) is 48.8 Å². The molecule has 0 amide bonds. The number of benzene rings is 2. The molecule has 0 saturated heterocycles. The van der Waals surface area contributed by atoms with Crippen LogP contribution in [-0.4, -0.2) is 25.0 Å². The van der Waals surface area contributed by atoms with E-state index in [4.69, 9.17) is 18.9 Å². The largest absolute Gasteiger partial charge is 0.454 e. The molecule has 166 valence electrons. The molecule has 2 aromatic rings. The molecule has 4 heterocycles. The van der Waals surface area contributed by atoms with Crippen molar-refractivity contribution < 1.29 is 18.9 Å². The van der Waals surface area contributed by atoms with Crippen molar-refractivity contribution in [3.63, 3.8) is 0 Å². The first-order valence-electron chi connectivity index (χ1n) is 12.2. The normalized spacial score (nSPS) is 22.8. The Bertz CT molecular complexity index is 1130. The third-order valence-electron chi connectivity index (χ3n) is 7.93. The highest BCUT2D eigenvalue weighted by Crippen LogP contribution is 2.57. The summed E-state index contributed by atoms with van der Waals surface area (Å²) in [5.74, 6) is 4.32. The van der Waals surface area contributed by atoms with Gasteiger partial charge in [-0.15, -0.1) is 0 Å². The third kappa shape index (κ3) is 2.57. The Labute approximate surface area is 188 Å². The van der Waals surface area contributed by atoms with Gasteiger partial charge in [0.15, 0.2) is 23.0 Å². The lowest BCUT2D eigenvalue weighted by atomic mass is 9.76. The first-order valence-corrected chi connectivity index (χ1v) is 12.2. The zero-order valence-corrected chi connectivity index (χ0v) is 18.6. The van der Waals surface area contributed by atoms with Gasteiger partial charge in [0.1, 0.15) is 0 Å². The number of rotatable bonds is 3. The van der Waals surface area contributed by atoms with Crippen molar-refractivity contribution in [2.45, 2.75) is 57.9 Å². The van der Waals surface area contributed by atoms with Crippen molar-refractivity contribution in [3.05, 3.63) is 46.5 Å². The first kappa shape index (κ1) is 18.7. The number of fused-ring (bicyclic) bond motifs is 7. The predicted molar refractivity (Wildman–Crippen MR) is 122 cm³/mol. The van der Waals surface area contributed by atoms with Gasteiger partial charge in [-0.3, -0.25) is 0 Å². The zero-order valence-electron chi connectivity index (χ0n) is 18.6. The van der Waals surface area contributed by atoms with Gasteiger partial charge in [0.05, 0.1) is 6.04 Å². The molecule has 1 fully saturated rings. The molecule has 5 heteroatoms. The molecule has 5 aliphatic rings. The lowest BCUT2D eigenvalue weighted by Crippen LogP contribution is -2.40. The fourth-order valence-electron chi connectivity index (χ4n) is 6.63. The van der Waals surface area contributed by atoms with E-state index < -0.39 is 0 Å². The van der Waals surface area contributed by atoms with Crippen LogP contribution in [0.4, 0.5) is 0 Å². The smallest absolute Gasteiger partial charge is 0.231 e. The van der Waals surface area contributed by atoms with Crippen LogP contribution < -0.4 is 18.9 Å². The van der Waals surface area contributed by atoms with Gasteiger partial charge in [-0.2, -0.15) is 0 Å². The summed E-state index contributed by atoms with van der Waals surface area (Å²) in [6, 6.07) is 9.20. The minimum absolute atomic E-state index is 0.319. The van der Waals surface area contributed by atoms with Crippen LogP contribution in [0.25, 0.3) is 11.3 Å². The lowest BCUT2D eigenvalue weighted by molar-refractivity contribution is 0.166. The number of ether oxygens (including phenoxy) is 4. The van der Waals surface area contributed by atoms with Gasteiger partial charge in [-0.1, -0.05) is 32.3 Å². The molecule has 0 bridgehead atoms. The molecule has 0 radical (unpaired) electrons. The van der Waals surface area contributed by atoms with E-state index in [2.05, 4.69) is 36.1 Å². The molecular formula is C27H29NO4. The van der Waals surface area contributed by atoms with Crippen molar-refractivity contribution in [3.8, 4) is 23.0 Å². The SMILES string of the molecule is CCCC1=C2c3cc4c(cc3CCN2[C@@H](C2CCCC2)c2c1ccc1c2OCO1)OCO4. The maximum absolute atomic E-state index is 6.11. The molecule has 0 aromatic heterocycles. The van der Waals surface area contributed by atoms with E-state index in [-0.39, 0.29) is 0 Å². The van der Waals surface area contributed by atoms with Crippen molar-refractivity contribution in [1.82, 2.24) is 4.90 Å². The van der Waals surface area contributed by atoms with Crippen molar-refractivity contribution >= 4 is 11.3 Å². The molecule has 0 unspecified atom stereocenters. The fraction of sp³-hybridized carbons (Fsp3) is 0.481. The molecule has 7 rings (SSSR count). The van der Waals surface area contributed by atoms with E-state index >= 15 is 0 Å². The van der Waals surface area contributed by atoms with Crippen LogP contribution in [0.3, 0.4) is 0 Å². The molecule has 4 aliphatic heterocycles.